The molecule has 0 radical (unpaired) electrons. The second-order valence-corrected chi connectivity index (χ2v) is 5.48. The summed E-state index contributed by atoms with van der Waals surface area (Å²) in [6.07, 6.45) is 5.20. The van der Waals surface area contributed by atoms with Crippen molar-refractivity contribution in [2.45, 2.75) is 31.6 Å². The summed E-state index contributed by atoms with van der Waals surface area (Å²) in [4.78, 5) is 0. The van der Waals surface area contributed by atoms with Crippen LogP contribution in [-0.2, 0) is 18.9 Å². The number of aromatic nitrogens is 2. The van der Waals surface area contributed by atoms with Crippen LogP contribution in [0.3, 0.4) is 0 Å². The van der Waals surface area contributed by atoms with Gasteiger partial charge in [-0.2, -0.15) is 5.10 Å². The maximum atomic E-state index is 4.26. The van der Waals surface area contributed by atoms with Gasteiger partial charge in [0.2, 0.25) is 0 Å². The highest BCUT2D eigenvalue weighted by molar-refractivity contribution is 5.26. The summed E-state index contributed by atoms with van der Waals surface area (Å²) in [7, 11) is 4.06. The van der Waals surface area contributed by atoms with E-state index in [2.05, 4.69) is 53.7 Å². The summed E-state index contributed by atoms with van der Waals surface area (Å²) < 4.78 is 1.98. The third kappa shape index (κ3) is 3.10. The van der Waals surface area contributed by atoms with E-state index in [1.807, 2.05) is 25.0 Å². The molecule has 0 spiro atoms. The van der Waals surface area contributed by atoms with E-state index in [1.165, 1.54) is 11.3 Å². The number of hydrogen-bond acceptors (Lipinski definition) is 2. The summed E-state index contributed by atoms with van der Waals surface area (Å²) in [6, 6.07) is 13.0. The summed E-state index contributed by atoms with van der Waals surface area (Å²) in [5.41, 5.74) is 2.93. The van der Waals surface area contributed by atoms with Crippen LogP contribution in [0.2, 0.25) is 0 Å². The number of nitrogens with zero attached hydrogens (tertiary/aromatic N) is 2. The van der Waals surface area contributed by atoms with Gasteiger partial charge in [-0.05, 0) is 37.9 Å². The fourth-order valence-corrected chi connectivity index (χ4v) is 2.98. The molecule has 2 aromatic rings. The van der Waals surface area contributed by atoms with Crippen LogP contribution in [0.1, 0.15) is 31.0 Å². The minimum atomic E-state index is 0.195. The molecule has 0 aliphatic carbocycles. The van der Waals surface area contributed by atoms with Gasteiger partial charge in [-0.25, -0.2) is 0 Å². The van der Waals surface area contributed by atoms with Crippen LogP contribution in [0, 0.1) is 0 Å². The van der Waals surface area contributed by atoms with Gasteiger partial charge in [-0.3, -0.25) is 4.68 Å². The number of nitrogens with one attached hydrogen (secondary N) is 1. The second-order valence-electron chi connectivity index (χ2n) is 5.48. The first-order chi connectivity index (χ1) is 9.72. The maximum Gasteiger partial charge on any atom is 0.0492 e. The zero-order valence-electron chi connectivity index (χ0n) is 12.8. The van der Waals surface area contributed by atoms with Crippen molar-refractivity contribution in [1.82, 2.24) is 15.1 Å². The third-order valence-electron chi connectivity index (χ3n) is 4.36. The predicted octanol–water partition coefficient (Wildman–Crippen LogP) is 2.92. The highest BCUT2D eigenvalue weighted by Gasteiger charge is 2.29. The lowest BCUT2D eigenvalue weighted by Gasteiger charge is -2.33. The molecule has 0 saturated heterocycles. The molecule has 0 bridgehead atoms. The minimum Gasteiger partial charge on any atom is -0.319 e. The third-order valence-corrected chi connectivity index (χ3v) is 4.36. The Hall–Kier alpha value is -1.61. The normalized spacial score (nSPS) is 14.2. The predicted molar refractivity (Wildman–Crippen MR) is 83.9 cm³/mol. The van der Waals surface area contributed by atoms with E-state index >= 15 is 0 Å². The molecule has 108 valence electrons. The Balaban J connectivity index is 2.21. The molecule has 1 N–H and O–H groups in total. The van der Waals surface area contributed by atoms with Gasteiger partial charge < -0.3 is 5.32 Å². The molecule has 2 rings (SSSR count). The molecule has 20 heavy (non-hydrogen) atoms. The van der Waals surface area contributed by atoms with Crippen molar-refractivity contribution in [2.24, 2.45) is 7.05 Å². The average molecular weight is 271 g/mol. The van der Waals surface area contributed by atoms with Crippen molar-refractivity contribution in [1.29, 1.82) is 0 Å². The molecule has 0 fully saturated rings. The van der Waals surface area contributed by atoms with Crippen LogP contribution in [-0.4, -0.2) is 23.4 Å². The Kier molecular flexibility index (Phi) is 4.96. The van der Waals surface area contributed by atoms with Gasteiger partial charge in [0, 0.05) is 30.9 Å². The summed E-state index contributed by atoms with van der Waals surface area (Å²) in [5, 5.41) is 7.64. The van der Waals surface area contributed by atoms with E-state index in [9.17, 15) is 0 Å². The fraction of sp³-hybridized carbons (Fsp3) is 0.471. The van der Waals surface area contributed by atoms with Gasteiger partial charge in [0.1, 0.15) is 0 Å². The Bertz CT molecular complexity index is 518. The van der Waals surface area contributed by atoms with Gasteiger partial charge in [0.25, 0.3) is 0 Å². The standard InChI is InChI=1S/C17H25N3/c1-4-17(14-18-2,15-8-6-5-7-9-15)12-10-16-11-13-19-20(16)3/h5-9,11,13,18H,4,10,12,14H2,1-3H3. The van der Waals surface area contributed by atoms with Gasteiger partial charge in [-0.15, -0.1) is 0 Å². The smallest absolute Gasteiger partial charge is 0.0492 e. The maximum absolute atomic E-state index is 4.26. The zero-order valence-corrected chi connectivity index (χ0v) is 12.8. The van der Waals surface area contributed by atoms with E-state index in [1.54, 1.807) is 0 Å². The van der Waals surface area contributed by atoms with E-state index in [-0.39, 0.29) is 5.41 Å². The second kappa shape index (κ2) is 6.71. The molecular formula is C17H25N3. The molecule has 0 aliphatic rings. The van der Waals surface area contributed by atoms with Crippen LogP contribution in [0.5, 0.6) is 0 Å². The van der Waals surface area contributed by atoms with Crippen molar-refractivity contribution >= 4 is 0 Å². The van der Waals surface area contributed by atoms with Crippen LogP contribution in [0.4, 0.5) is 0 Å². The molecule has 0 saturated carbocycles. The quantitative estimate of drug-likeness (QED) is 0.839. The van der Waals surface area contributed by atoms with Gasteiger partial charge in [-0.1, -0.05) is 37.3 Å². The van der Waals surface area contributed by atoms with Crippen LogP contribution in [0.15, 0.2) is 42.6 Å². The first-order valence-corrected chi connectivity index (χ1v) is 7.39. The van der Waals surface area contributed by atoms with E-state index in [4.69, 9.17) is 0 Å². The number of rotatable bonds is 7. The van der Waals surface area contributed by atoms with E-state index in [0.29, 0.717) is 0 Å². The Labute approximate surface area is 122 Å². The number of aryl methyl sites for hydroxylation is 2. The fourth-order valence-electron chi connectivity index (χ4n) is 2.98. The molecule has 1 heterocycles. The molecule has 3 nitrogen and oxygen atoms in total. The van der Waals surface area contributed by atoms with Gasteiger partial charge in [0.15, 0.2) is 0 Å². The molecule has 1 unspecified atom stereocenters. The Morgan fingerprint density at radius 2 is 1.95 bits per heavy atom. The largest absolute Gasteiger partial charge is 0.319 e. The number of benzene rings is 1. The number of hydrogen-bond donors (Lipinski definition) is 1. The molecule has 1 aromatic carbocycles. The molecule has 3 heteroatoms. The first kappa shape index (κ1) is 14.8. The minimum absolute atomic E-state index is 0.195. The van der Waals surface area contributed by atoms with Crippen molar-refractivity contribution in [3.8, 4) is 0 Å². The van der Waals surface area contributed by atoms with Crippen molar-refractivity contribution < 1.29 is 0 Å². The molecule has 1 aromatic heterocycles. The lowest BCUT2D eigenvalue weighted by atomic mass is 9.74. The van der Waals surface area contributed by atoms with Crippen LogP contribution < -0.4 is 5.32 Å². The molecule has 0 amide bonds. The van der Waals surface area contributed by atoms with Crippen LogP contribution in [0.25, 0.3) is 0 Å². The SMILES string of the molecule is CCC(CCc1ccnn1C)(CNC)c1ccccc1. The Morgan fingerprint density at radius 3 is 2.50 bits per heavy atom. The first-order valence-electron chi connectivity index (χ1n) is 7.39. The van der Waals surface area contributed by atoms with Gasteiger partial charge in [0.05, 0.1) is 0 Å². The average Bonchev–Trinajstić information content (AvgIpc) is 2.90. The Morgan fingerprint density at radius 1 is 1.20 bits per heavy atom. The summed E-state index contributed by atoms with van der Waals surface area (Å²) in [6.45, 7) is 3.29. The molecular weight excluding hydrogens is 246 g/mol. The lowest BCUT2D eigenvalue weighted by molar-refractivity contribution is 0.362. The van der Waals surface area contributed by atoms with Crippen molar-refractivity contribution in [3.63, 3.8) is 0 Å². The topological polar surface area (TPSA) is 29.9 Å². The van der Waals surface area contributed by atoms with E-state index < -0.39 is 0 Å². The van der Waals surface area contributed by atoms with Crippen molar-refractivity contribution in [2.75, 3.05) is 13.6 Å². The highest BCUT2D eigenvalue weighted by atomic mass is 15.2. The zero-order chi connectivity index (χ0) is 14.4. The van der Waals surface area contributed by atoms with Crippen molar-refractivity contribution in [3.05, 3.63) is 53.9 Å². The van der Waals surface area contributed by atoms with E-state index in [0.717, 1.165) is 25.8 Å². The van der Waals surface area contributed by atoms with Gasteiger partial charge >= 0.3 is 0 Å². The molecule has 0 aliphatic heterocycles. The summed E-state index contributed by atoms with van der Waals surface area (Å²) in [5.74, 6) is 0. The van der Waals surface area contributed by atoms with Crippen LogP contribution >= 0.6 is 0 Å². The molecule has 1 atom stereocenters. The monoisotopic (exact) mass is 271 g/mol. The summed E-state index contributed by atoms with van der Waals surface area (Å²) >= 11 is 0. The number of likely N-dealkylation sites (N-methyl/N-ethyl adjacent to an activating group) is 1. The lowest BCUT2D eigenvalue weighted by Crippen LogP contribution is -2.37. The highest BCUT2D eigenvalue weighted by Crippen LogP contribution is 2.32.